The van der Waals surface area contributed by atoms with Crippen LogP contribution in [-0.2, 0) is 24.2 Å². The lowest BCUT2D eigenvalue weighted by Gasteiger charge is -2.26. The highest BCUT2D eigenvalue weighted by molar-refractivity contribution is 7.19. The summed E-state index contributed by atoms with van der Waals surface area (Å²) < 4.78 is 16.8. The Morgan fingerprint density at radius 2 is 1.86 bits per heavy atom. The van der Waals surface area contributed by atoms with Crippen molar-refractivity contribution in [1.29, 1.82) is 0 Å². The number of methoxy groups -OCH3 is 2. The number of thiophene rings is 1. The van der Waals surface area contributed by atoms with E-state index in [-0.39, 0.29) is 5.97 Å². The molecule has 8 heteroatoms. The molecule has 7 nitrogen and oxygen atoms in total. The van der Waals surface area contributed by atoms with E-state index in [2.05, 4.69) is 30.6 Å². The van der Waals surface area contributed by atoms with E-state index < -0.39 is 0 Å². The van der Waals surface area contributed by atoms with Crippen molar-refractivity contribution in [3.05, 3.63) is 39.9 Å². The van der Waals surface area contributed by atoms with Gasteiger partial charge in [-0.25, -0.2) is 9.78 Å². The molecule has 2 aromatic heterocycles. The van der Waals surface area contributed by atoms with Crippen LogP contribution in [0.4, 0.5) is 0 Å². The van der Waals surface area contributed by atoms with Gasteiger partial charge in [0.1, 0.15) is 4.83 Å². The zero-order valence-corrected chi connectivity index (χ0v) is 23.8. The Bertz CT molecular complexity index is 1250. The van der Waals surface area contributed by atoms with E-state index in [1.807, 2.05) is 25.1 Å². The number of fused-ring (bicyclic) bond motifs is 3. The van der Waals surface area contributed by atoms with E-state index in [4.69, 9.17) is 19.2 Å². The van der Waals surface area contributed by atoms with Gasteiger partial charge in [0.2, 0.25) is 0 Å². The Morgan fingerprint density at radius 3 is 2.51 bits per heavy atom. The Kier molecular flexibility index (Phi) is 9.05. The quantitative estimate of drug-likeness (QED) is 0.295. The molecule has 0 radical (unpaired) electrons. The van der Waals surface area contributed by atoms with Crippen molar-refractivity contribution in [2.45, 2.75) is 53.6 Å². The predicted molar refractivity (Wildman–Crippen MR) is 150 cm³/mol. The lowest BCUT2D eigenvalue weighted by molar-refractivity contribution is 0.0524. The Morgan fingerprint density at radius 1 is 1.11 bits per heavy atom. The molecule has 0 N–H and O–H groups in total. The minimum absolute atomic E-state index is 0.306. The van der Waals surface area contributed by atoms with Gasteiger partial charge in [-0.2, -0.15) is 0 Å². The number of hydrogen-bond donors (Lipinski definition) is 0. The zero-order chi connectivity index (χ0) is 26.5. The number of pyridine rings is 1. The van der Waals surface area contributed by atoms with Crippen molar-refractivity contribution in [3.63, 3.8) is 0 Å². The molecule has 0 spiro atoms. The van der Waals surface area contributed by atoms with Gasteiger partial charge in [0.25, 0.3) is 0 Å². The second-order valence-corrected chi connectivity index (χ2v) is 10.4. The fourth-order valence-electron chi connectivity index (χ4n) is 5.21. The first-order valence-corrected chi connectivity index (χ1v) is 14.1. The van der Waals surface area contributed by atoms with Gasteiger partial charge in [-0.15, -0.1) is 11.3 Å². The fraction of sp³-hybridized carbons (Fsp3) is 0.517. The topological polar surface area (TPSA) is 64.1 Å². The van der Waals surface area contributed by atoms with Gasteiger partial charge < -0.3 is 14.2 Å². The minimum Gasteiger partial charge on any atom is -0.493 e. The van der Waals surface area contributed by atoms with Gasteiger partial charge in [0, 0.05) is 35.5 Å². The van der Waals surface area contributed by atoms with Gasteiger partial charge in [-0.1, -0.05) is 26.8 Å². The van der Waals surface area contributed by atoms with Crippen LogP contribution in [0.1, 0.15) is 60.6 Å². The molecule has 0 unspecified atom stereocenters. The van der Waals surface area contributed by atoms with Gasteiger partial charge in [-0.3, -0.25) is 9.80 Å². The molecule has 0 amide bonds. The molecule has 0 fully saturated rings. The molecule has 0 aliphatic carbocycles. The van der Waals surface area contributed by atoms with Crippen LogP contribution in [0.2, 0.25) is 0 Å². The first kappa shape index (κ1) is 27.4. The molecule has 0 saturated heterocycles. The van der Waals surface area contributed by atoms with Gasteiger partial charge in [0.05, 0.1) is 32.1 Å². The lowest BCUT2D eigenvalue weighted by Crippen LogP contribution is -2.30. The summed E-state index contributed by atoms with van der Waals surface area (Å²) in [4.78, 5) is 25.9. The number of carbonyl (C=O) groups excluding carboxylic acids is 1. The highest BCUT2D eigenvalue weighted by atomic mass is 32.1. The summed E-state index contributed by atoms with van der Waals surface area (Å²) in [6.45, 7) is 14.0. The van der Waals surface area contributed by atoms with Crippen LogP contribution in [0.5, 0.6) is 11.5 Å². The molecule has 4 rings (SSSR count). The lowest BCUT2D eigenvalue weighted by atomic mass is 9.91. The second-order valence-electron chi connectivity index (χ2n) is 9.27. The average Bonchev–Trinajstić information content (AvgIpc) is 3.27. The monoisotopic (exact) mass is 525 g/mol. The summed E-state index contributed by atoms with van der Waals surface area (Å²) in [6, 6.07) is 5.88. The first-order valence-electron chi connectivity index (χ1n) is 13.3. The summed E-state index contributed by atoms with van der Waals surface area (Å²) in [7, 11) is 3.27. The molecule has 0 atom stereocenters. The van der Waals surface area contributed by atoms with Crippen LogP contribution in [0.25, 0.3) is 21.3 Å². The number of ether oxygens (including phenoxy) is 3. The molecule has 3 heterocycles. The standard InChI is InChI=1S/C29H39N3O4S/c1-7-14-32-15-13-20-24(18-32)37-28-26(20)25(19-11-12-22(34-5)23(16-19)35-6)27(29(33)36-10-4)21(30-28)17-31(8-2)9-3/h11-12,16H,7-10,13-15,17-18H2,1-6H3. The molecule has 37 heavy (non-hydrogen) atoms. The normalized spacial score (nSPS) is 13.7. The number of rotatable bonds is 11. The van der Waals surface area contributed by atoms with Crippen molar-refractivity contribution >= 4 is 27.5 Å². The Balaban J connectivity index is 2.04. The summed E-state index contributed by atoms with van der Waals surface area (Å²) in [5.74, 6) is 0.954. The molecular formula is C29H39N3O4S. The van der Waals surface area contributed by atoms with Gasteiger partial charge in [0.15, 0.2) is 11.5 Å². The third kappa shape index (κ3) is 5.47. The van der Waals surface area contributed by atoms with Crippen molar-refractivity contribution in [3.8, 4) is 22.6 Å². The number of nitrogens with zero attached hydrogens (tertiary/aromatic N) is 3. The van der Waals surface area contributed by atoms with Gasteiger partial charge in [-0.05, 0) is 62.7 Å². The summed E-state index contributed by atoms with van der Waals surface area (Å²) in [5.41, 5.74) is 4.44. The maximum absolute atomic E-state index is 13.6. The van der Waals surface area contributed by atoms with Crippen molar-refractivity contribution < 1.29 is 19.0 Å². The summed E-state index contributed by atoms with van der Waals surface area (Å²) in [6.07, 6.45) is 2.07. The number of benzene rings is 1. The smallest absolute Gasteiger partial charge is 0.340 e. The molecule has 1 aliphatic heterocycles. The van der Waals surface area contributed by atoms with Gasteiger partial charge >= 0.3 is 5.97 Å². The molecule has 3 aromatic rings. The molecule has 1 aliphatic rings. The van der Waals surface area contributed by atoms with E-state index in [0.717, 1.165) is 72.6 Å². The Labute approximate surface area is 224 Å². The van der Waals surface area contributed by atoms with E-state index in [9.17, 15) is 4.79 Å². The zero-order valence-electron chi connectivity index (χ0n) is 23.0. The summed E-state index contributed by atoms with van der Waals surface area (Å²) in [5, 5.41) is 1.08. The van der Waals surface area contributed by atoms with Crippen LogP contribution < -0.4 is 9.47 Å². The number of carbonyl (C=O) groups is 1. The minimum atomic E-state index is -0.327. The van der Waals surface area contributed by atoms with Crippen LogP contribution in [0, 0.1) is 0 Å². The molecular weight excluding hydrogens is 486 g/mol. The average molecular weight is 526 g/mol. The molecule has 0 bridgehead atoms. The van der Waals surface area contributed by atoms with E-state index in [0.29, 0.717) is 30.2 Å². The maximum atomic E-state index is 13.6. The third-order valence-electron chi connectivity index (χ3n) is 7.10. The predicted octanol–water partition coefficient (Wildman–Crippen LogP) is 5.77. The van der Waals surface area contributed by atoms with E-state index in [1.54, 1.807) is 25.6 Å². The van der Waals surface area contributed by atoms with E-state index >= 15 is 0 Å². The fourth-order valence-corrected chi connectivity index (χ4v) is 6.50. The second kappa shape index (κ2) is 12.2. The Hall–Kier alpha value is -2.68. The number of hydrogen-bond acceptors (Lipinski definition) is 8. The van der Waals surface area contributed by atoms with Crippen molar-refractivity contribution in [2.75, 3.05) is 47.0 Å². The third-order valence-corrected chi connectivity index (χ3v) is 8.21. The first-order chi connectivity index (χ1) is 18.0. The largest absolute Gasteiger partial charge is 0.493 e. The van der Waals surface area contributed by atoms with Crippen LogP contribution in [-0.4, -0.2) is 67.8 Å². The highest BCUT2D eigenvalue weighted by Crippen LogP contribution is 2.44. The van der Waals surface area contributed by atoms with Crippen LogP contribution in [0.3, 0.4) is 0 Å². The van der Waals surface area contributed by atoms with Crippen LogP contribution in [0.15, 0.2) is 18.2 Å². The number of esters is 1. The SMILES string of the molecule is CCCN1CCc2c(sc3nc(CN(CC)CC)c(C(=O)OCC)c(-c4ccc(OC)c(OC)c4)c23)C1. The molecule has 1 aromatic carbocycles. The maximum Gasteiger partial charge on any atom is 0.340 e. The van der Waals surface area contributed by atoms with Crippen molar-refractivity contribution in [1.82, 2.24) is 14.8 Å². The van der Waals surface area contributed by atoms with Crippen molar-refractivity contribution in [2.24, 2.45) is 0 Å². The molecule has 0 saturated carbocycles. The summed E-state index contributed by atoms with van der Waals surface area (Å²) >= 11 is 1.77. The molecule has 200 valence electrons. The number of aromatic nitrogens is 1. The highest BCUT2D eigenvalue weighted by Gasteiger charge is 2.30. The van der Waals surface area contributed by atoms with Crippen LogP contribution >= 0.6 is 11.3 Å². The van der Waals surface area contributed by atoms with E-state index in [1.165, 1.54) is 10.4 Å².